The molecular weight excluding hydrogens is 296 g/mol. The molecule has 2 saturated carbocycles. The Morgan fingerprint density at radius 3 is 2.75 bits per heavy atom. The van der Waals surface area contributed by atoms with Crippen LogP contribution in [-0.4, -0.2) is 11.6 Å². The van der Waals surface area contributed by atoms with E-state index in [1.807, 2.05) is 6.08 Å². The first-order chi connectivity index (χ1) is 11.3. The van der Waals surface area contributed by atoms with E-state index in [1.54, 1.807) is 13.0 Å². The van der Waals surface area contributed by atoms with Gasteiger partial charge in [0, 0.05) is 11.3 Å². The summed E-state index contributed by atoms with van der Waals surface area (Å²) in [5.74, 6) is 2.36. The average Bonchev–Trinajstić information content (AvgIpc) is 2.78. The van der Waals surface area contributed by atoms with Crippen molar-refractivity contribution in [3.63, 3.8) is 0 Å². The Labute approximate surface area is 145 Å². The van der Waals surface area contributed by atoms with Crippen molar-refractivity contribution in [3.05, 3.63) is 35.5 Å². The first-order valence-corrected chi connectivity index (χ1v) is 9.42. The number of hydrogen-bond acceptors (Lipinski definition) is 2. The van der Waals surface area contributed by atoms with Crippen LogP contribution in [0.1, 0.15) is 53.4 Å². The minimum atomic E-state index is -0.0737. The second-order valence-electron chi connectivity index (χ2n) is 9.03. The topological polar surface area (TPSA) is 34.1 Å². The van der Waals surface area contributed by atoms with Gasteiger partial charge in [0.1, 0.15) is 5.78 Å². The molecule has 0 N–H and O–H groups in total. The summed E-state index contributed by atoms with van der Waals surface area (Å²) in [4.78, 5) is 24.1. The SMILES string of the molecule is CC(=O)[C@H]1C(C)C[C@H]2[C@@H]3CCC4=CC(=O)C=C[C@]4(C)C3=CC[C@]12C. The van der Waals surface area contributed by atoms with Crippen molar-refractivity contribution in [1.82, 2.24) is 0 Å². The van der Waals surface area contributed by atoms with E-state index >= 15 is 0 Å². The van der Waals surface area contributed by atoms with Gasteiger partial charge in [0.2, 0.25) is 0 Å². The number of fused-ring (bicyclic) bond motifs is 5. The molecular formula is C22H28O2. The van der Waals surface area contributed by atoms with E-state index in [0.717, 1.165) is 19.3 Å². The van der Waals surface area contributed by atoms with E-state index < -0.39 is 0 Å². The van der Waals surface area contributed by atoms with Gasteiger partial charge < -0.3 is 0 Å². The van der Waals surface area contributed by atoms with Crippen LogP contribution in [0.5, 0.6) is 0 Å². The van der Waals surface area contributed by atoms with Gasteiger partial charge in [0.15, 0.2) is 5.78 Å². The largest absolute Gasteiger partial charge is 0.300 e. The van der Waals surface area contributed by atoms with Crippen LogP contribution in [0.2, 0.25) is 0 Å². The fourth-order valence-electron chi connectivity index (χ4n) is 6.76. The number of allylic oxidation sites excluding steroid dienone is 6. The highest BCUT2D eigenvalue weighted by atomic mass is 16.1. The molecule has 0 spiro atoms. The monoisotopic (exact) mass is 324 g/mol. The molecule has 0 amide bonds. The number of Topliss-reactive ketones (excluding diaryl/α,β-unsaturated/α-hetero) is 1. The van der Waals surface area contributed by atoms with Crippen LogP contribution in [-0.2, 0) is 9.59 Å². The Balaban J connectivity index is 1.77. The molecule has 2 nitrogen and oxygen atoms in total. The predicted octanol–water partition coefficient (Wildman–Crippen LogP) is 4.67. The van der Waals surface area contributed by atoms with Crippen LogP contribution in [0.25, 0.3) is 0 Å². The maximum atomic E-state index is 12.3. The van der Waals surface area contributed by atoms with Crippen molar-refractivity contribution in [2.24, 2.45) is 34.5 Å². The van der Waals surface area contributed by atoms with Crippen LogP contribution in [0.15, 0.2) is 35.5 Å². The Bertz CT molecular complexity index is 709. The molecule has 4 aliphatic carbocycles. The maximum Gasteiger partial charge on any atom is 0.178 e. The van der Waals surface area contributed by atoms with Gasteiger partial charge in [0.05, 0.1) is 0 Å². The molecule has 0 aliphatic heterocycles. The molecule has 0 saturated heterocycles. The van der Waals surface area contributed by atoms with Gasteiger partial charge in [-0.05, 0) is 74.9 Å². The smallest absolute Gasteiger partial charge is 0.178 e. The molecule has 1 unspecified atom stereocenters. The van der Waals surface area contributed by atoms with E-state index in [2.05, 4.69) is 32.9 Å². The third-order valence-electron chi connectivity index (χ3n) is 7.73. The van der Waals surface area contributed by atoms with Crippen LogP contribution < -0.4 is 0 Å². The lowest BCUT2D eigenvalue weighted by molar-refractivity contribution is -0.126. The molecule has 0 radical (unpaired) electrons. The van der Waals surface area contributed by atoms with E-state index in [-0.39, 0.29) is 22.5 Å². The molecule has 4 rings (SSSR count). The zero-order chi connectivity index (χ0) is 17.3. The normalized spacial score (nSPS) is 46.6. The number of rotatable bonds is 1. The maximum absolute atomic E-state index is 12.3. The first kappa shape index (κ1) is 16.1. The van der Waals surface area contributed by atoms with Crippen molar-refractivity contribution >= 4 is 11.6 Å². The van der Waals surface area contributed by atoms with Crippen molar-refractivity contribution < 1.29 is 9.59 Å². The summed E-state index contributed by atoms with van der Waals surface area (Å²) < 4.78 is 0. The van der Waals surface area contributed by atoms with E-state index in [9.17, 15) is 9.59 Å². The number of carbonyl (C=O) groups is 2. The summed E-state index contributed by atoms with van der Waals surface area (Å²) in [5.41, 5.74) is 2.85. The minimum absolute atomic E-state index is 0.0737. The average molecular weight is 324 g/mol. The molecule has 0 heterocycles. The number of hydrogen-bond donors (Lipinski definition) is 0. The molecule has 0 bridgehead atoms. The third-order valence-corrected chi connectivity index (χ3v) is 7.73. The van der Waals surface area contributed by atoms with Crippen LogP contribution in [0.4, 0.5) is 0 Å². The minimum Gasteiger partial charge on any atom is -0.300 e. The van der Waals surface area contributed by atoms with Gasteiger partial charge in [-0.1, -0.05) is 37.1 Å². The van der Waals surface area contributed by atoms with Gasteiger partial charge in [-0.2, -0.15) is 0 Å². The Morgan fingerprint density at radius 2 is 2.04 bits per heavy atom. The third kappa shape index (κ3) is 1.95. The van der Waals surface area contributed by atoms with Crippen molar-refractivity contribution in [2.75, 3.05) is 0 Å². The molecule has 2 heteroatoms. The van der Waals surface area contributed by atoms with Crippen molar-refractivity contribution in [2.45, 2.75) is 53.4 Å². The summed E-state index contributed by atoms with van der Waals surface area (Å²) in [6, 6.07) is 0. The fourth-order valence-corrected chi connectivity index (χ4v) is 6.76. The molecule has 6 atom stereocenters. The highest BCUT2D eigenvalue weighted by Gasteiger charge is 2.58. The second kappa shape index (κ2) is 5.03. The molecule has 4 aliphatic rings. The van der Waals surface area contributed by atoms with E-state index in [4.69, 9.17) is 0 Å². The van der Waals surface area contributed by atoms with Crippen LogP contribution in [0, 0.1) is 34.5 Å². The molecule has 128 valence electrons. The lowest BCUT2D eigenvalue weighted by Crippen LogP contribution is -2.44. The zero-order valence-electron chi connectivity index (χ0n) is 15.3. The van der Waals surface area contributed by atoms with E-state index in [0.29, 0.717) is 23.5 Å². The van der Waals surface area contributed by atoms with Crippen LogP contribution >= 0.6 is 0 Å². The standard InChI is InChI=1S/C22H28O2/c1-13-11-19-17-6-5-15-12-16(24)7-9-21(15,3)18(17)8-10-22(19,4)20(13)14(2)23/h7-9,12-13,17,19-20H,5-6,10-11H2,1-4H3/t13?,17-,19+,20-,21+,22+/m1/s1. The molecule has 0 aromatic heterocycles. The number of carbonyl (C=O) groups excluding carboxylic acids is 2. The summed E-state index contributed by atoms with van der Waals surface area (Å²) >= 11 is 0. The molecule has 24 heavy (non-hydrogen) atoms. The summed E-state index contributed by atoms with van der Waals surface area (Å²) in [6.45, 7) is 8.69. The molecule has 0 aromatic carbocycles. The lowest BCUT2D eigenvalue weighted by Gasteiger charge is -2.52. The van der Waals surface area contributed by atoms with Gasteiger partial charge in [-0.3, -0.25) is 9.59 Å². The van der Waals surface area contributed by atoms with E-state index in [1.165, 1.54) is 17.6 Å². The Hall–Kier alpha value is -1.44. The predicted molar refractivity (Wildman–Crippen MR) is 95.3 cm³/mol. The van der Waals surface area contributed by atoms with Crippen molar-refractivity contribution in [1.29, 1.82) is 0 Å². The highest BCUT2D eigenvalue weighted by molar-refractivity contribution is 6.01. The Morgan fingerprint density at radius 1 is 1.29 bits per heavy atom. The molecule has 2 fully saturated rings. The Kier molecular flexibility index (Phi) is 3.37. The highest BCUT2D eigenvalue weighted by Crippen LogP contribution is 2.65. The van der Waals surface area contributed by atoms with Gasteiger partial charge in [-0.25, -0.2) is 0 Å². The summed E-state index contributed by atoms with van der Waals surface area (Å²) in [5, 5.41) is 0. The summed E-state index contributed by atoms with van der Waals surface area (Å²) in [6.07, 6.45) is 12.5. The molecule has 0 aromatic rings. The fraction of sp³-hybridized carbons (Fsp3) is 0.636. The van der Waals surface area contributed by atoms with Crippen LogP contribution in [0.3, 0.4) is 0 Å². The van der Waals surface area contributed by atoms with Gasteiger partial charge >= 0.3 is 0 Å². The second-order valence-corrected chi connectivity index (χ2v) is 9.03. The zero-order valence-corrected chi connectivity index (χ0v) is 15.3. The van der Waals surface area contributed by atoms with Gasteiger partial charge in [-0.15, -0.1) is 0 Å². The first-order valence-electron chi connectivity index (χ1n) is 9.42. The summed E-state index contributed by atoms with van der Waals surface area (Å²) in [7, 11) is 0. The quantitative estimate of drug-likeness (QED) is 0.657. The van der Waals surface area contributed by atoms with Crippen molar-refractivity contribution in [3.8, 4) is 0 Å². The lowest BCUT2D eigenvalue weighted by atomic mass is 9.52. The number of ketones is 2. The van der Waals surface area contributed by atoms with Gasteiger partial charge in [0.25, 0.3) is 0 Å².